The van der Waals surface area contributed by atoms with Crippen LogP contribution >= 0.6 is 0 Å². The third kappa shape index (κ3) is 5.48. The van der Waals surface area contributed by atoms with E-state index in [1.807, 2.05) is 35.2 Å². The molecule has 0 unspecified atom stereocenters. The lowest BCUT2D eigenvalue weighted by Gasteiger charge is -2.31. The molecule has 30 heavy (non-hydrogen) atoms. The molecule has 0 atom stereocenters. The van der Waals surface area contributed by atoms with Gasteiger partial charge in [-0.2, -0.15) is 0 Å². The average molecular weight is 429 g/mol. The largest absolute Gasteiger partial charge is 0.343 e. The zero-order chi connectivity index (χ0) is 21.6. The van der Waals surface area contributed by atoms with E-state index in [2.05, 4.69) is 5.32 Å². The molecule has 0 radical (unpaired) electrons. The Kier molecular flexibility index (Phi) is 7.26. The van der Waals surface area contributed by atoms with Gasteiger partial charge < -0.3 is 10.2 Å². The van der Waals surface area contributed by atoms with Gasteiger partial charge in [-0.25, -0.2) is 8.42 Å². The number of carbonyl (C=O) groups is 2. The molecule has 0 aliphatic carbocycles. The molecule has 160 valence electrons. The predicted molar refractivity (Wildman–Crippen MR) is 117 cm³/mol. The lowest BCUT2D eigenvalue weighted by Crippen LogP contribution is -2.41. The molecule has 0 bridgehead atoms. The van der Waals surface area contributed by atoms with Crippen LogP contribution in [0.15, 0.2) is 59.5 Å². The number of nitrogens with zero attached hydrogens (tertiary/aromatic N) is 1. The van der Waals surface area contributed by atoms with Crippen molar-refractivity contribution < 1.29 is 18.0 Å². The van der Waals surface area contributed by atoms with E-state index in [9.17, 15) is 18.0 Å². The van der Waals surface area contributed by atoms with Crippen molar-refractivity contribution >= 4 is 27.3 Å². The zero-order valence-corrected chi connectivity index (χ0v) is 18.0. The fourth-order valence-corrected chi connectivity index (χ4v) is 4.73. The Labute approximate surface area is 178 Å². The zero-order valence-electron chi connectivity index (χ0n) is 17.2. The number of piperidine rings is 1. The molecule has 0 aromatic heterocycles. The van der Waals surface area contributed by atoms with E-state index in [4.69, 9.17) is 0 Å². The molecule has 3 rings (SSSR count). The predicted octanol–water partition coefficient (Wildman–Crippen LogP) is 3.29. The summed E-state index contributed by atoms with van der Waals surface area (Å²) < 4.78 is 24.5. The summed E-state index contributed by atoms with van der Waals surface area (Å²) >= 11 is 0. The number of nitrogens with one attached hydrogen (secondary N) is 1. The van der Waals surface area contributed by atoms with Gasteiger partial charge in [-0.1, -0.05) is 49.4 Å². The second-order valence-corrected chi connectivity index (χ2v) is 9.78. The summed E-state index contributed by atoms with van der Waals surface area (Å²) in [6, 6.07) is 16.4. The fraction of sp³-hybridized carbons (Fsp3) is 0.391. The molecule has 0 spiro atoms. The number of para-hydroxylation sites is 1. The Morgan fingerprint density at radius 2 is 1.63 bits per heavy atom. The molecule has 2 aromatic carbocycles. The van der Waals surface area contributed by atoms with E-state index in [0.717, 1.165) is 5.56 Å². The highest BCUT2D eigenvalue weighted by atomic mass is 32.2. The SMILES string of the molecule is CCS(=O)(=O)c1ccccc1NC(=O)C1CCN(C(=O)CCc2ccccc2)CC1. The monoisotopic (exact) mass is 428 g/mol. The minimum atomic E-state index is -3.42. The summed E-state index contributed by atoms with van der Waals surface area (Å²) in [6.07, 6.45) is 2.32. The van der Waals surface area contributed by atoms with Gasteiger partial charge in [0.2, 0.25) is 11.8 Å². The van der Waals surface area contributed by atoms with E-state index in [1.54, 1.807) is 25.1 Å². The van der Waals surface area contributed by atoms with Crippen molar-refractivity contribution in [3.63, 3.8) is 0 Å². The van der Waals surface area contributed by atoms with E-state index in [0.29, 0.717) is 44.5 Å². The van der Waals surface area contributed by atoms with Crippen LogP contribution in [0.5, 0.6) is 0 Å². The van der Waals surface area contributed by atoms with Gasteiger partial charge in [0.05, 0.1) is 16.3 Å². The summed E-state index contributed by atoms with van der Waals surface area (Å²) in [5.74, 6) is -0.341. The number of sulfone groups is 1. The average Bonchev–Trinajstić information content (AvgIpc) is 2.78. The first-order chi connectivity index (χ1) is 14.4. The van der Waals surface area contributed by atoms with Crippen LogP contribution in [0.25, 0.3) is 0 Å². The van der Waals surface area contributed by atoms with Gasteiger partial charge in [0.25, 0.3) is 0 Å². The van der Waals surface area contributed by atoms with Crippen LogP contribution in [0.3, 0.4) is 0 Å². The fourth-order valence-electron chi connectivity index (χ4n) is 3.68. The van der Waals surface area contributed by atoms with E-state index in [-0.39, 0.29) is 28.4 Å². The second-order valence-electron chi connectivity index (χ2n) is 7.53. The van der Waals surface area contributed by atoms with Crippen LogP contribution in [-0.2, 0) is 25.8 Å². The summed E-state index contributed by atoms with van der Waals surface area (Å²) in [4.78, 5) is 27.2. The molecular weight excluding hydrogens is 400 g/mol. The Hall–Kier alpha value is -2.67. The Bertz CT molecular complexity index is 981. The van der Waals surface area contributed by atoms with Gasteiger partial charge >= 0.3 is 0 Å². The second kappa shape index (κ2) is 9.89. The molecule has 1 fully saturated rings. The smallest absolute Gasteiger partial charge is 0.227 e. The van der Waals surface area contributed by atoms with Gasteiger partial charge in [-0.3, -0.25) is 9.59 Å². The van der Waals surface area contributed by atoms with Crippen molar-refractivity contribution in [2.75, 3.05) is 24.2 Å². The number of hydrogen-bond donors (Lipinski definition) is 1. The van der Waals surface area contributed by atoms with Crippen LogP contribution in [0.1, 0.15) is 31.7 Å². The van der Waals surface area contributed by atoms with Crippen molar-refractivity contribution in [2.24, 2.45) is 5.92 Å². The van der Waals surface area contributed by atoms with Crippen molar-refractivity contribution in [1.29, 1.82) is 0 Å². The highest BCUT2D eigenvalue weighted by Gasteiger charge is 2.28. The summed E-state index contributed by atoms with van der Waals surface area (Å²) in [7, 11) is -3.42. The molecule has 6 nitrogen and oxygen atoms in total. The number of benzene rings is 2. The maximum absolute atomic E-state index is 12.7. The summed E-state index contributed by atoms with van der Waals surface area (Å²) in [6.45, 7) is 2.67. The topological polar surface area (TPSA) is 83.6 Å². The van der Waals surface area contributed by atoms with E-state index in [1.165, 1.54) is 6.07 Å². The summed E-state index contributed by atoms with van der Waals surface area (Å²) in [5, 5.41) is 2.79. The lowest BCUT2D eigenvalue weighted by molar-refractivity contribution is -0.134. The first kappa shape index (κ1) is 22.0. The van der Waals surface area contributed by atoms with Crippen LogP contribution < -0.4 is 5.32 Å². The van der Waals surface area contributed by atoms with Crippen molar-refractivity contribution in [2.45, 2.75) is 37.5 Å². The maximum Gasteiger partial charge on any atom is 0.227 e. The van der Waals surface area contributed by atoms with E-state index < -0.39 is 9.84 Å². The maximum atomic E-state index is 12.7. The van der Waals surface area contributed by atoms with Crippen molar-refractivity contribution in [1.82, 2.24) is 4.90 Å². The van der Waals surface area contributed by atoms with Gasteiger partial charge in [0.1, 0.15) is 0 Å². The number of aryl methyl sites for hydroxylation is 1. The molecule has 1 heterocycles. The first-order valence-corrected chi connectivity index (χ1v) is 12.0. The Morgan fingerprint density at radius 1 is 1.00 bits per heavy atom. The highest BCUT2D eigenvalue weighted by molar-refractivity contribution is 7.91. The van der Waals surface area contributed by atoms with Crippen molar-refractivity contribution in [3.8, 4) is 0 Å². The normalized spacial score (nSPS) is 15.0. The van der Waals surface area contributed by atoms with Gasteiger partial charge in [0, 0.05) is 25.4 Å². The minimum absolute atomic E-state index is 0.0244. The highest BCUT2D eigenvalue weighted by Crippen LogP contribution is 2.25. The summed E-state index contributed by atoms with van der Waals surface area (Å²) in [5.41, 5.74) is 1.46. The Balaban J connectivity index is 1.53. The third-order valence-electron chi connectivity index (χ3n) is 5.55. The lowest BCUT2D eigenvalue weighted by atomic mass is 9.95. The molecule has 7 heteroatoms. The number of hydrogen-bond acceptors (Lipinski definition) is 4. The standard InChI is InChI=1S/C23H28N2O4S/c1-2-30(28,29)21-11-7-6-10-20(21)24-23(27)19-14-16-25(17-15-19)22(26)13-12-18-8-4-3-5-9-18/h3-11,19H,2,12-17H2,1H3,(H,24,27). The first-order valence-electron chi connectivity index (χ1n) is 10.3. The van der Waals surface area contributed by atoms with Gasteiger partial charge in [-0.05, 0) is 37.0 Å². The van der Waals surface area contributed by atoms with Crippen LogP contribution in [0, 0.1) is 5.92 Å². The number of anilines is 1. The number of amides is 2. The van der Waals surface area contributed by atoms with Crippen LogP contribution in [0.4, 0.5) is 5.69 Å². The third-order valence-corrected chi connectivity index (χ3v) is 7.34. The molecule has 2 amide bonds. The molecule has 1 saturated heterocycles. The molecule has 1 N–H and O–H groups in total. The molecule has 1 aliphatic heterocycles. The van der Waals surface area contributed by atoms with Gasteiger partial charge in [0.15, 0.2) is 9.84 Å². The quantitative estimate of drug-likeness (QED) is 0.734. The van der Waals surface area contributed by atoms with E-state index >= 15 is 0 Å². The molecule has 0 saturated carbocycles. The Morgan fingerprint density at radius 3 is 2.30 bits per heavy atom. The molecule has 2 aromatic rings. The van der Waals surface area contributed by atoms with Gasteiger partial charge in [-0.15, -0.1) is 0 Å². The van der Waals surface area contributed by atoms with Crippen LogP contribution in [-0.4, -0.2) is 44.0 Å². The minimum Gasteiger partial charge on any atom is -0.343 e. The number of carbonyl (C=O) groups excluding carboxylic acids is 2. The van der Waals surface area contributed by atoms with Crippen molar-refractivity contribution in [3.05, 3.63) is 60.2 Å². The molecular formula is C23H28N2O4S. The number of likely N-dealkylation sites (tertiary alicyclic amines) is 1. The van der Waals surface area contributed by atoms with Crippen LogP contribution in [0.2, 0.25) is 0 Å². The molecule has 1 aliphatic rings. The number of rotatable bonds is 7.